The Morgan fingerprint density at radius 1 is 1.21 bits per heavy atom. The number of benzene rings is 1. The Balaban J connectivity index is 0.00000225. The Hall–Kier alpha value is -2.76. The van der Waals surface area contributed by atoms with Crippen molar-refractivity contribution in [1.82, 2.24) is 25.8 Å². The lowest BCUT2D eigenvalue weighted by Gasteiger charge is -2.11. The van der Waals surface area contributed by atoms with Crippen LogP contribution < -0.4 is 20.1 Å². The van der Waals surface area contributed by atoms with Crippen LogP contribution in [0.15, 0.2) is 46.0 Å². The normalized spacial score (nSPS) is 12.5. The number of rotatable bonds is 6. The molecule has 3 heterocycles. The number of nitrogens with zero attached hydrogens (tertiary/aromatic N) is 3. The van der Waals surface area contributed by atoms with Gasteiger partial charge in [0.1, 0.15) is 5.82 Å². The molecule has 9 nitrogen and oxygen atoms in total. The minimum absolute atomic E-state index is 0. The zero-order chi connectivity index (χ0) is 18.5. The summed E-state index contributed by atoms with van der Waals surface area (Å²) in [5, 5.41) is 13.6. The summed E-state index contributed by atoms with van der Waals surface area (Å²) in [4.78, 5) is 8.65. The molecule has 1 aliphatic heterocycles. The van der Waals surface area contributed by atoms with Crippen LogP contribution in [0, 0.1) is 0 Å². The molecule has 28 heavy (non-hydrogen) atoms. The highest BCUT2D eigenvalue weighted by Gasteiger charge is 2.13. The fourth-order valence-electron chi connectivity index (χ4n) is 2.68. The van der Waals surface area contributed by atoms with Gasteiger partial charge in [0.2, 0.25) is 12.6 Å². The number of furan rings is 1. The smallest absolute Gasteiger partial charge is 0.231 e. The van der Waals surface area contributed by atoms with Crippen LogP contribution >= 0.6 is 24.0 Å². The van der Waals surface area contributed by atoms with E-state index in [-0.39, 0.29) is 30.8 Å². The number of aliphatic imine (C=N–C) groups is 1. The molecule has 0 aliphatic carbocycles. The van der Waals surface area contributed by atoms with Crippen LogP contribution in [-0.2, 0) is 13.0 Å². The van der Waals surface area contributed by atoms with Gasteiger partial charge in [0, 0.05) is 26.6 Å². The van der Waals surface area contributed by atoms with Crippen molar-refractivity contribution >= 4 is 29.9 Å². The Kier molecular flexibility index (Phi) is 6.74. The lowest BCUT2D eigenvalue weighted by Crippen LogP contribution is -2.37. The van der Waals surface area contributed by atoms with Gasteiger partial charge in [0.05, 0.1) is 6.26 Å². The molecule has 0 radical (unpaired) electrons. The molecule has 2 aromatic heterocycles. The highest BCUT2D eigenvalue weighted by atomic mass is 127. The van der Waals surface area contributed by atoms with E-state index in [1.807, 2.05) is 30.3 Å². The molecule has 1 aromatic carbocycles. The molecular formula is C18H21IN6O3. The van der Waals surface area contributed by atoms with Crippen LogP contribution in [0.4, 0.5) is 0 Å². The Bertz CT molecular complexity index is 925. The van der Waals surface area contributed by atoms with Gasteiger partial charge in [-0.3, -0.25) is 10.1 Å². The highest BCUT2D eigenvalue weighted by Crippen LogP contribution is 2.32. The van der Waals surface area contributed by atoms with Gasteiger partial charge >= 0.3 is 0 Å². The van der Waals surface area contributed by atoms with Crippen molar-refractivity contribution in [2.24, 2.45) is 4.99 Å². The number of hydrogen-bond donors (Lipinski definition) is 3. The van der Waals surface area contributed by atoms with Crippen LogP contribution in [-0.4, -0.2) is 41.5 Å². The fourth-order valence-corrected chi connectivity index (χ4v) is 2.68. The number of nitrogens with one attached hydrogen (secondary N) is 3. The van der Waals surface area contributed by atoms with Crippen LogP contribution in [0.25, 0.3) is 11.6 Å². The second kappa shape index (κ2) is 9.44. The van der Waals surface area contributed by atoms with Crippen molar-refractivity contribution in [3.8, 4) is 23.1 Å². The van der Waals surface area contributed by atoms with Gasteiger partial charge in [-0.1, -0.05) is 6.07 Å². The van der Waals surface area contributed by atoms with E-state index in [1.165, 1.54) is 0 Å². The van der Waals surface area contributed by atoms with E-state index >= 15 is 0 Å². The summed E-state index contributed by atoms with van der Waals surface area (Å²) in [6.07, 6.45) is 2.28. The van der Waals surface area contributed by atoms with Gasteiger partial charge in [0.25, 0.3) is 0 Å². The highest BCUT2D eigenvalue weighted by molar-refractivity contribution is 14.0. The quantitative estimate of drug-likeness (QED) is 0.273. The molecule has 3 aromatic rings. The van der Waals surface area contributed by atoms with Crippen molar-refractivity contribution in [3.63, 3.8) is 0 Å². The first kappa shape index (κ1) is 20.0. The minimum atomic E-state index is 0. The zero-order valence-electron chi connectivity index (χ0n) is 15.3. The van der Waals surface area contributed by atoms with E-state index in [0.29, 0.717) is 37.1 Å². The summed E-state index contributed by atoms with van der Waals surface area (Å²) in [6.45, 7) is 1.56. The molecular weight excluding hydrogens is 475 g/mol. The third kappa shape index (κ3) is 4.74. The summed E-state index contributed by atoms with van der Waals surface area (Å²) in [5.41, 5.74) is 1.08. The average molecular weight is 496 g/mol. The first-order chi connectivity index (χ1) is 13.3. The molecule has 0 saturated carbocycles. The average Bonchev–Trinajstić information content (AvgIpc) is 3.45. The van der Waals surface area contributed by atoms with E-state index in [0.717, 1.165) is 22.9 Å². The molecule has 0 spiro atoms. The van der Waals surface area contributed by atoms with Crippen molar-refractivity contribution in [2.45, 2.75) is 13.0 Å². The first-order valence-corrected chi connectivity index (χ1v) is 8.60. The number of fused-ring (bicyclic) bond motifs is 1. The topological polar surface area (TPSA) is 110 Å². The predicted octanol–water partition coefficient (Wildman–Crippen LogP) is 2.32. The van der Waals surface area contributed by atoms with Crippen LogP contribution in [0.1, 0.15) is 11.4 Å². The van der Waals surface area contributed by atoms with Gasteiger partial charge in [-0.15, -0.1) is 24.0 Å². The zero-order valence-corrected chi connectivity index (χ0v) is 17.6. The summed E-state index contributed by atoms with van der Waals surface area (Å²) in [7, 11) is 1.73. The molecule has 0 amide bonds. The third-order valence-electron chi connectivity index (χ3n) is 4.05. The van der Waals surface area contributed by atoms with Crippen LogP contribution in [0.5, 0.6) is 11.5 Å². The molecule has 4 rings (SSSR count). The van der Waals surface area contributed by atoms with Crippen LogP contribution in [0.2, 0.25) is 0 Å². The molecule has 148 valence electrons. The molecule has 1 aliphatic rings. The van der Waals surface area contributed by atoms with E-state index in [2.05, 4.69) is 30.8 Å². The fraction of sp³-hybridized carbons (Fsp3) is 0.278. The molecule has 0 unspecified atom stereocenters. The Morgan fingerprint density at radius 3 is 2.93 bits per heavy atom. The lowest BCUT2D eigenvalue weighted by atomic mass is 10.2. The predicted molar refractivity (Wildman–Crippen MR) is 114 cm³/mol. The SMILES string of the molecule is CN=C(NCCc1nc(-c2ccco2)n[nH]1)NCc1ccc2c(c1)OCO2.I. The number of H-pyrrole nitrogens is 1. The molecule has 0 saturated heterocycles. The molecule has 10 heteroatoms. The number of halogens is 1. The van der Waals surface area contributed by atoms with Gasteiger partial charge < -0.3 is 24.5 Å². The third-order valence-corrected chi connectivity index (χ3v) is 4.05. The molecule has 0 fully saturated rings. The number of ether oxygens (including phenoxy) is 2. The Morgan fingerprint density at radius 2 is 2.11 bits per heavy atom. The van der Waals surface area contributed by atoms with E-state index in [9.17, 15) is 0 Å². The number of hydrogen-bond acceptors (Lipinski definition) is 6. The maximum atomic E-state index is 5.40. The van der Waals surface area contributed by atoms with Crippen molar-refractivity contribution in [2.75, 3.05) is 20.4 Å². The van der Waals surface area contributed by atoms with E-state index in [1.54, 1.807) is 13.3 Å². The Labute approximate surface area is 179 Å². The second-order valence-corrected chi connectivity index (χ2v) is 5.87. The van der Waals surface area contributed by atoms with Gasteiger partial charge in [-0.05, 0) is 29.8 Å². The maximum Gasteiger partial charge on any atom is 0.231 e. The van der Waals surface area contributed by atoms with Gasteiger partial charge in [-0.25, -0.2) is 4.98 Å². The molecule has 0 bridgehead atoms. The van der Waals surface area contributed by atoms with Crippen LogP contribution in [0.3, 0.4) is 0 Å². The largest absolute Gasteiger partial charge is 0.461 e. The van der Waals surface area contributed by atoms with E-state index in [4.69, 9.17) is 13.9 Å². The number of guanidine groups is 1. The lowest BCUT2D eigenvalue weighted by molar-refractivity contribution is 0.174. The van der Waals surface area contributed by atoms with Gasteiger partial charge in [-0.2, -0.15) is 5.10 Å². The summed E-state index contributed by atoms with van der Waals surface area (Å²) in [6, 6.07) is 9.51. The maximum absolute atomic E-state index is 5.40. The summed E-state index contributed by atoms with van der Waals surface area (Å²) in [5.74, 6) is 4.24. The molecule has 0 atom stereocenters. The monoisotopic (exact) mass is 496 g/mol. The number of aromatic amines is 1. The van der Waals surface area contributed by atoms with Gasteiger partial charge in [0.15, 0.2) is 23.2 Å². The first-order valence-electron chi connectivity index (χ1n) is 8.60. The van der Waals surface area contributed by atoms with Crippen molar-refractivity contribution < 1.29 is 13.9 Å². The van der Waals surface area contributed by atoms with Crippen molar-refractivity contribution in [1.29, 1.82) is 0 Å². The summed E-state index contributed by atoms with van der Waals surface area (Å²) < 4.78 is 16.0. The second-order valence-electron chi connectivity index (χ2n) is 5.87. The minimum Gasteiger partial charge on any atom is -0.461 e. The number of aromatic nitrogens is 3. The van der Waals surface area contributed by atoms with Crippen molar-refractivity contribution in [3.05, 3.63) is 48.0 Å². The summed E-state index contributed by atoms with van der Waals surface area (Å²) >= 11 is 0. The van der Waals surface area contributed by atoms with E-state index < -0.39 is 0 Å². The standard InChI is InChI=1S/C18H20N6O3.HI/c1-19-18(21-10-12-4-5-13-15(9-12)27-11-26-13)20-7-6-16-22-17(24-23-16)14-3-2-8-25-14;/h2-5,8-9H,6-7,10-11H2,1H3,(H2,19,20,21)(H,22,23,24);1H. The molecule has 3 N–H and O–H groups in total.